The van der Waals surface area contributed by atoms with E-state index in [2.05, 4.69) is 17.1 Å². The minimum Gasteiger partial charge on any atom is -0.450 e. The summed E-state index contributed by atoms with van der Waals surface area (Å²) in [6, 6.07) is 0.113. The second-order valence-electron chi connectivity index (χ2n) is 9.84. The molecule has 5 atom stereocenters. The molecule has 3 fully saturated rings. The normalized spacial score (nSPS) is 33.5. The van der Waals surface area contributed by atoms with E-state index in [1.807, 2.05) is 31.7 Å². The van der Waals surface area contributed by atoms with Crippen LogP contribution in [-0.4, -0.2) is 72.2 Å². The van der Waals surface area contributed by atoms with Gasteiger partial charge in [0.25, 0.3) is 0 Å². The summed E-state index contributed by atoms with van der Waals surface area (Å²) < 4.78 is 21.5. The van der Waals surface area contributed by atoms with Crippen LogP contribution in [0.3, 0.4) is 0 Å². The highest BCUT2D eigenvalue weighted by Gasteiger charge is 2.51. The van der Waals surface area contributed by atoms with Crippen molar-refractivity contribution in [1.82, 2.24) is 15.1 Å². The SMILES string of the molecule is C/C=C(/C)C(=O)C1=C(NC2CC2)C(F)C(N2CC3CCN(C(=O)OCC)C3C2)C(CC)C1. The van der Waals surface area contributed by atoms with E-state index in [1.54, 1.807) is 0 Å². The molecule has 2 saturated heterocycles. The maximum atomic E-state index is 16.3. The zero-order chi connectivity index (χ0) is 23.0. The van der Waals surface area contributed by atoms with Gasteiger partial charge in [-0.3, -0.25) is 9.69 Å². The second-order valence-corrected chi connectivity index (χ2v) is 9.84. The standard InChI is InChI=1S/C25H38FN3O3/c1-5-15(4)24(30)19-12-16(6-2)23(21(26)22(19)27-18-8-9-18)28-13-17-10-11-29(20(17)14-28)25(31)32-7-3/h5,16-18,20-21,23,27H,6-14H2,1-4H3/b15-5-. The first kappa shape index (κ1) is 23.3. The van der Waals surface area contributed by atoms with Gasteiger partial charge in [-0.1, -0.05) is 19.4 Å². The van der Waals surface area contributed by atoms with Gasteiger partial charge >= 0.3 is 6.09 Å². The number of carbonyl (C=O) groups is 2. The molecule has 6 nitrogen and oxygen atoms in total. The van der Waals surface area contributed by atoms with Gasteiger partial charge in [-0.15, -0.1) is 0 Å². The molecule has 7 heteroatoms. The highest BCUT2D eigenvalue weighted by Crippen LogP contribution is 2.42. The van der Waals surface area contributed by atoms with Crippen LogP contribution >= 0.6 is 0 Å². The number of nitrogens with one attached hydrogen (secondary N) is 1. The molecule has 1 N–H and O–H groups in total. The Kier molecular flexibility index (Phi) is 6.94. The van der Waals surface area contributed by atoms with Crippen LogP contribution in [0.2, 0.25) is 0 Å². The van der Waals surface area contributed by atoms with Crippen molar-refractivity contribution in [3.8, 4) is 0 Å². The van der Waals surface area contributed by atoms with E-state index in [0.29, 0.717) is 42.3 Å². The lowest BCUT2D eigenvalue weighted by molar-refractivity contribution is -0.113. The monoisotopic (exact) mass is 447 g/mol. The van der Waals surface area contributed by atoms with Gasteiger partial charge in [0, 0.05) is 37.3 Å². The van der Waals surface area contributed by atoms with E-state index in [9.17, 15) is 9.59 Å². The van der Waals surface area contributed by atoms with E-state index in [0.717, 1.165) is 38.8 Å². The van der Waals surface area contributed by atoms with Crippen LogP contribution in [0.4, 0.5) is 9.18 Å². The molecule has 0 spiro atoms. The molecule has 4 rings (SSSR count). The van der Waals surface area contributed by atoms with Gasteiger partial charge in [0.1, 0.15) is 0 Å². The first-order chi connectivity index (χ1) is 15.4. The third-order valence-electron chi connectivity index (χ3n) is 7.88. The average molecular weight is 448 g/mol. The van der Waals surface area contributed by atoms with E-state index >= 15 is 4.39 Å². The fraction of sp³-hybridized carbons (Fsp3) is 0.760. The largest absolute Gasteiger partial charge is 0.450 e. The number of carbonyl (C=O) groups excluding carboxylic acids is 2. The van der Waals surface area contributed by atoms with Crippen LogP contribution in [0.1, 0.15) is 59.8 Å². The molecule has 2 heterocycles. The molecule has 2 aliphatic carbocycles. The quantitative estimate of drug-likeness (QED) is 0.601. The number of likely N-dealkylation sites (tertiary alicyclic amines) is 2. The molecular formula is C25H38FN3O3. The summed E-state index contributed by atoms with van der Waals surface area (Å²) in [4.78, 5) is 29.6. The Morgan fingerprint density at radius 3 is 2.59 bits per heavy atom. The van der Waals surface area contributed by atoms with Gasteiger partial charge in [0.05, 0.1) is 18.3 Å². The van der Waals surface area contributed by atoms with Gasteiger partial charge < -0.3 is 15.0 Å². The molecule has 5 unspecified atom stereocenters. The Balaban J connectivity index is 1.58. The molecule has 2 aliphatic heterocycles. The molecule has 0 aromatic carbocycles. The Morgan fingerprint density at radius 2 is 1.97 bits per heavy atom. The summed E-state index contributed by atoms with van der Waals surface area (Å²) in [5, 5.41) is 3.39. The van der Waals surface area contributed by atoms with Crippen LogP contribution in [0.25, 0.3) is 0 Å². The summed E-state index contributed by atoms with van der Waals surface area (Å²) in [6.45, 7) is 10.2. The lowest BCUT2D eigenvalue weighted by atomic mass is 9.77. The van der Waals surface area contributed by atoms with Crippen molar-refractivity contribution in [2.75, 3.05) is 26.2 Å². The van der Waals surface area contributed by atoms with Crippen molar-refractivity contribution in [1.29, 1.82) is 0 Å². The maximum Gasteiger partial charge on any atom is 0.410 e. The van der Waals surface area contributed by atoms with Gasteiger partial charge in [0.2, 0.25) is 0 Å². The van der Waals surface area contributed by atoms with Gasteiger partial charge in [-0.25, -0.2) is 9.18 Å². The van der Waals surface area contributed by atoms with E-state index in [1.165, 1.54) is 0 Å². The zero-order valence-corrected chi connectivity index (χ0v) is 19.9. The average Bonchev–Trinajstić information content (AvgIpc) is 3.37. The predicted molar refractivity (Wildman–Crippen MR) is 122 cm³/mol. The number of ketones is 1. The molecule has 1 saturated carbocycles. The van der Waals surface area contributed by atoms with E-state index < -0.39 is 6.17 Å². The first-order valence-corrected chi connectivity index (χ1v) is 12.4. The third kappa shape index (κ3) is 4.33. The number of alkyl halides is 1. The number of allylic oxidation sites excluding steroid dienone is 3. The molecule has 0 aromatic rings. The lowest BCUT2D eigenvalue weighted by Gasteiger charge is -2.42. The minimum atomic E-state index is -1.22. The Morgan fingerprint density at radius 1 is 1.22 bits per heavy atom. The summed E-state index contributed by atoms with van der Waals surface area (Å²) in [7, 11) is 0. The van der Waals surface area contributed by atoms with Crippen LogP contribution in [0.15, 0.2) is 22.9 Å². The van der Waals surface area contributed by atoms with E-state index in [4.69, 9.17) is 4.74 Å². The maximum absolute atomic E-state index is 16.3. The number of halogens is 1. The van der Waals surface area contributed by atoms with Crippen LogP contribution in [-0.2, 0) is 9.53 Å². The topological polar surface area (TPSA) is 61.9 Å². The van der Waals surface area contributed by atoms with Crippen molar-refractivity contribution >= 4 is 11.9 Å². The van der Waals surface area contributed by atoms with Gasteiger partial charge in [-0.05, 0) is 63.9 Å². The number of Topliss-reactive ketones (excluding diaryl/α,β-unsaturated/α-hetero) is 1. The predicted octanol–water partition coefficient (Wildman–Crippen LogP) is 3.83. The second kappa shape index (κ2) is 9.54. The number of ether oxygens (including phenoxy) is 1. The molecule has 0 radical (unpaired) electrons. The highest BCUT2D eigenvalue weighted by molar-refractivity contribution is 6.08. The molecule has 4 aliphatic rings. The van der Waals surface area contributed by atoms with Crippen LogP contribution < -0.4 is 5.32 Å². The van der Waals surface area contributed by atoms with Crippen molar-refractivity contribution in [3.05, 3.63) is 22.9 Å². The fourth-order valence-electron chi connectivity index (χ4n) is 5.81. The smallest absolute Gasteiger partial charge is 0.410 e. The minimum absolute atomic E-state index is 0.0259. The third-order valence-corrected chi connectivity index (χ3v) is 7.88. The fourth-order valence-corrected chi connectivity index (χ4v) is 5.81. The van der Waals surface area contributed by atoms with Crippen molar-refractivity contribution in [3.63, 3.8) is 0 Å². The highest BCUT2D eigenvalue weighted by atomic mass is 19.1. The van der Waals surface area contributed by atoms with Crippen molar-refractivity contribution in [2.45, 2.75) is 84.1 Å². The number of nitrogens with zero attached hydrogens (tertiary/aromatic N) is 2. The molecule has 178 valence electrons. The van der Waals surface area contributed by atoms with Crippen LogP contribution in [0, 0.1) is 11.8 Å². The molecule has 0 aromatic heterocycles. The number of fused-ring (bicyclic) bond motifs is 1. The van der Waals surface area contributed by atoms with Gasteiger partial charge in [0.15, 0.2) is 12.0 Å². The first-order valence-electron chi connectivity index (χ1n) is 12.4. The molecule has 32 heavy (non-hydrogen) atoms. The summed E-state index contributed by atoms with van der Waals surface area (Å²) in [5.74, 6) is 0.413. The Hall–Kier alpha value is -1.89. The summed E-state index contributed by atoms with van der Waals surface area (Å²) >= 11 is 0. The Bertz CT molecular complexity index is 806. The molecule has 1 amide bonds. The number of hydrogen-bond acceptors (Lipinski definition) is 5. The Labute approximate surface area is 191 Å². The molecule has 0 bridgehead atoms. The van der Waals surface area contributed by atoms with Crippen LogP contribution in [0.5, 0.6) is 0 Å². The van der Waals surface area contributed by atoms with Crippen molar-refractivity contribution < 1.29 is 18.7 Å². The lowest BCUT2D eigenvalue weighted by Crippen LogP contribution is -2.53. The zero-order valence-electron chi connectivity index (χ0n) is 19.9. The van der Waals surface area contributed by atoms with E-state index in [-0.39, 0.29) is 35.9 Å². The van der Waals surface area contributed by atoms with Crippen molar-refractivity contribution in [2.24, 2.45) is 11.8 Å². The number of hydrogen-bond donors (Lipinski definition) is 1. The number of rotatable bonds is 7. The summed E-state index contributed by atoms with van der Waals surface area (Å²) in [5.41, 5.74) is 1.83. The molecular weight excluding hydrogens is 409 g/mol. The number of amides is 1. The summed E-state index contributed by atoms with van der Waals surface area (Å²) in [6.07, 6.45) is 4.78. The van der Waals surface area contributed by atoms with Gasteiger partial charge in [-0.2, -0.15) is 0 Å².